The highest BCUT2D eigenvalue weighted by atomic mass is 35.7. The summed E-state index contributed by atoms with van der Waals surface area (Å²) in [6, 6.07) is 10.6. The minimum Gasteiger partial charge on any atom is -0.378 e. The zero-order valence-corrected chi connectivity index (χ0v) is 14.7. The van der Waals surface area contributed by atoms with Crippen molar-refractivity contribution in [2.24, 2.45) is 0 Å². The second-order valence-corrected chi connectivity index (χ2v) is 8.77. The first kappa shape index (κ1) is 16.1. The van der Waals surface area contributed by atoms with Crippen LogP contribution in [0.25, 0.3) is 6.08 Å². The fourth-order valence-electron chi connectivity index (χ4n) is 3.17. The molecular weight excluding hydrogens is 313 g/mol. The summed E-state index contributed by atoms with van der Waals surface area (Å²) in [6.45, 7) is 5.80. The van der Waals surface area contributed by atoms with Crippen molar-refractivity contribution in [2.75, 3.05) is 32.5 Å². The Morgan fingerprint density at radius 2 is 1.91 bits per heavy atom. The van der Waals surface area contributed by atoms with Crippen LogP contribution in [0.2, 0.25) is 0 Å². The van der Waals surface area contributed by atoms with Gasteiger partial charge in [0.2, 0.25) is 0 Å². The molecule has 1 saturated heterocycles. The van der Waals surface area contributed by atoms with Crippen LogP contribution in [-0.2, 0) is 4.74 Å². The minimum absolute atomic E-state index is 0.516. The number of nitrogens with zero attached hydrogens (tertiary/aromatic N) is 1. The summed E-state index contributed by atoms with van der Waals surface area (Å²) in [5, 5.41) is 1.49. The molecule has 0 saturated carbocycles. The molecule has 1 aliphatic carbocycles. The van der Waals surface area contributed by atoms with Gasteiger partial charge in [0.1, 0.15) is 0 Å². The highest BCUT2D eigenvalue weighted by Crippen LogP contribution is 2.57. The number of halogens is 1. The van der Waals surface area contributed by atoms with E-state index in [1.807, 2.05) is 0 Å². The third-order valence-corrected chi connectivity index (χ3v) is 7.15. The Kier molecular flexibility index (Phi) is 5.57. The van der Waals surface area contributed by atoms with Gasteiger partial charge in [0.15, 0.2) is 0 Å². The maximum Gasteiger partial charge on any atom is 0.0642 e. The molecule has 1 atom stereocenters. The number of benzene rings is 1. The van der Waals surface area contributed by atoms with Crippen molar-refractivity contribution >= 4 is 24.6 Å². The zero-order chi connectivity index (χ0) is 15.4. The van der Waals surface area contributed by atoms with E-state index in [0.29, 0.717) is 0 Å². The van der Waals surface area contributed by atoms with Gasteiger partial charge in [-0.05, 0) is 41.5 Å². The fourth-order valence-corrected chi connectivity index (χ4v) is 4.91. The van der Waals surface area contributed by atoms with Crippen LogP contribution in [0.5, 0.6) is 0 Å². The van der Waals surface area contributed by atoms with Crippen LogP contribution in [0.3, 0.4) is 0 Å². The second-order valence-electron chi connectivity index (χ2n) is 5.65. The maximum absolute atomic E-state index is 6.68. The Labute approximate surface area is 139 Å². The van der Waals surface area contributed by atoms with Crippen LogP contribution in [0.15, 0.2) is 46.9 Å². The average molecular weight is 336 g/mol. The van der Waals surface area contributed by atoms with Gasteiger partial charge < -0.3 is 9.64 Å². The van der Waals surface area contributed by atoms with Gasteiger partial charge in [-0.15, -0.1) is 0 Å². The molecule has 118 valence electrons. The van der Waals surface area contributed by atoms with Gasteiger partial charge in [-0.3, -0.25) is 0 Å². The van der Waals surface area contributed by atoms with E-state index in [0.717, 1.165) is 45.3 Å². The van der Waals surface area contributed by atoms with Gasteiger partial charge >= 0.3 is 0 Å². The predicted octanol–water partition coefficient (Wildman–Crippen LogP) is 5.06. The molecule has 0 amide bonds. The normalized spacial score (nSPS) is 22.5. The van der Waals surface area contributed by atoms with Crippen molar-refractivity contribution < 1.29 is 4.74 Å². The Balaban J connectivity index is 1.95. The van der Waals surface area contributed by atoms with Crippen LogP contribution in [0, 0.1) is 0 Å². The molecule has 22 heavy (non-hydrogen) atoms. The Bertz CT molecular complexity index is 564. The molecule has 1 aromatic carbocycles. The Morgan fingerprint density at radius 1 is 1.18 bits per heavy atom. The van der Waals surface area contributed by atoms with Crippen LogP contribution >= 0.6 is 18.5 Å². The topological polar surface area (TPSA) is 12.5 Å². The summed E-state index contributed by atoms with van der Waals surface area (Å²) in [5.74, 6) is 0. The maximum atomic E-state index is 6.68. The number of hydrogen-bond acceptors (Lipinski definition) is 2. The van der Waals surface area contributed by atoms with E-state index in [1.54, 1.807) is 0 Å². The molecule has 2 aliphatic rings. The highest BCUT2D eigenvalue weighted by molar-refractivity contribution is 7.87. The molecule has 0 bridgehead atoms. The van der Waals surface area contributed by atoms with E-state index in [-0.39, 0.29) is 0 Å². The van der Waals surface area contributed by atoms with Crippen molar-refractivity contribution in [2.45, 2.75) is 19.8 Å². The van der Waals surface area contributed by atoms with Crippen LogP contribution < -0.4 is 0 Å². The first-order valence-electron chi connectivity index (χ1n) is 8.04. The first-order valence-corrected chi connectivity index (χ1v) is 10.5. The standard InChI is InChI=1S/C18H23ClNOP/c1-2-22(19)17-9-8-16(14-15-6-4-3-5-7-15)18(17)20-10-12-21-13-11-20/h3-7,14H,2,8-13H2,1H3/b16-14+. The molecule has 1 aliphatic heterocycles. The summed E-state index contributed by atoms with van der Waals surface area (Å²) in [7, 11) is -0.516. The van der Waals surface area contributed by atoms with Gasteiger partial charge in [-0.25, -0.2) is 0 Å². The molecule has 0 N–H and O–H groups in total. The minimum atomic E-state index is -0.516. The summed E-state index contributed by atoms with van der Waals surface area (Å²) in [4.78, 5) is 2.49. The van der Waals surface area contributed by atoms with Crippen molar-refractivity contribution in [1.29, 1.82) is 0 Å². The molecule has 0 aromatic heterocycles. The molecule has 3 rings (SSSR count). The first-order chi connectivity index (χ1) is 10.8. The monoisotopic (exact) mass is 335 g/mol. The van der Waals surface area contributed by atoms with Crippen LogP contribution in [-0.4, -0.2) is 37.4 Å². The quantitative estimate of drug-likeness (QED) is 0.713. The molecule has 0 spiro atoms. The van der Waals surface area contributed by atoms with Crippen molar-refractivity contribution in [3.63, 3.8) is 0 Å². The lowest BCUT2D eigenvalue weighted by atomic mass is 10.1. The molecule has 1 unspecified atom stereocenters. The summed E-state index contributed by atoms with van der Waals surface area (Å²) >= 11 is 6.68. The Hall–Kier alpha value is -0.820. The number of allylic oxidation sites excluding steroid dienone is 2. The van der Waals surface area contributed by atoms with Crippen molar-refractivity contribution in [3.8, 4) is 0 Å². The molecule has 0 radical (unpaired) electrons. The van der Waals surface area contributed by atoms with E-state index in [1.165, 1.54) is 22.1 Å². The van der Waals surface area contributed by atoms with Gasteiger partial charge in [-0.2, -0.15) is 0 Å². The van der Waals surface area contributed by atoms with Crippen molar-refractivity contribution in [3.05, 3.63) is 52.5 Å². The number of hydrogen-bond donors (Lipinski definition) is 0. The number of ether oxygens (including phenoxy) is 1. The third-order valence-electron chi connectivity index (χ3n) is 4.25. The van der Waals surface area contributed by atoms with E-state index in [4.69, 9.17) is 16.0 Å². The van der Waals surface area contributed by atoms with Crippen LogP contribution in [0.1, 0.15) is 25.3 Å². The molecule has 1 aromatic rings. The van der Waals surface area contributed by atoms with Gasteiger partial charge in [-0.1, -0.05) is 48.5 Å². The second kappa shape index (κ2) is 7.64. The molecular formula is C18H23ClNOP. The van der Waals surface area contributed by atoms with E-state index >= 15 is 0 Å². The van der Waals surface area contributed by atoms with Crippen molar-refractivity contribution in [1.82, 2.24) is 4.90 Å². The molecule has 1 heterocycles. The zero-order valence-electron chi connectivity index (χ0n) is 13.1. The van der Waals surface area contributed by atoms with Crippen LogP contribution in [0.4, 0.5) is 0 Å². The number of rotatable bonds is 4. The van der Waals surface area contributed by atoms with E-state index < -0.39 is 7.27 Å². The van der Waals surface area contributed by atoms with E-state index in [2.05, 4.69) is 48.2 Å². The fraction of sp³-hybridized carbons (Fsp3) is 0.444. The molecule has 2 nitrogen and oxygen atoms in total. The lowest BCUT2D eigenvalue weighted by Gasteiger charge is -2.32. The SMILES string of the molecule is CCP(Cl)C1=C(N2CCOCC2)/C(=C/c2ccccc2)CC1. The largest absolute Gasteiger partial charge is 0.378 e. The lowest BCUT2D eigenvalue weighted by Crippen LogP contribution is -2.36. The highest BCUT2D eigenvalue weighted by Gasteiger charge is 2.29. The van der Waals surface area contributed by atoms with Gasteiger partial charge in [0, 0.05) is 26.1 Å². The summed E-state index contributed by atoms with van der Waals surface area (Å²) in [6.07, 6.45) is 5.63. The summed E-state index contributed by atoms with van der Waals surface area (Å²) < 4.78 is 5.52. The lowest BCUT2D eigenvalue weighted by molar-refractivity contribution is 0.0549. The number of morpholine rings is 1. The Morgan fingerprint density at radius 3 is 2.59 bits per heavy atom. The predicted molar refractivity (Wildman–Crippen MR) is 96.4 cm³/mol. The third kappa shape index (κ3) is 3.56. The average Bonchev–Trinajstić information content (AvgIpc) is 2.99. The smallest absolute Gasteiger partial charge is 0.0642 e. The summed E-state index contributed by atoms with van der Waals surface area (Å²) in [5.41, 5.74) is 4.15. The molecule has 1 fully saturated rings. The van der Waals surface area contributed by atoms with E-state index in [9.17, 15) is 0 Å². The molecule has 4 heteroatoms. The van der Waals surface area contributed by atoms with Gasteiger partial charge in [0.25, 0.3) is 0 Å². The van der Waals surface area contributed by atoms with Gasteiger partial charge in [0.05, 0.1) is 13.2 Å².